The van der Waals surface area contributed by atoms with E-state index in [9.17, 15) is 9.59 Å². The maximum absolute atomic E-state index is 13.3. The summed E-state index contributed by atoms with van der Waals surface area (Å²) in [6.07, 6.45) is 7.53. The fraction of sp³-hybridized carbons (Fsp3) is 0.640. The largest absolute Gasteiger partial charge is 0.387 e. The van der Waals surface area contributed by atoms with Gasteiger partial charge in [-0.25, -0.2) is 10.1 Å². The van der Waals surface area contributed by atoms with Crippen LogP contribution in [0.3, 0.4) is 0 Å². The van der Waals surface area contributed by atoms with Gasteiger partial charge in [-0.1, -0.05) is 34.1 Å². The summed E-state index contributed by atoms with van der Waals surface area (Å²) in [7, 11) is 0. The lowest BCUT2D eigenvalue weighted by atomic mass is 9.92. The summed E-state index contributed by atoms with van der Waals surface area (Å²) in [5, 5.41) is 4.23. The van der Waals surface area contributed by atoms with Gasteiger partial charge in [-0.05, 0) is 49.8 Å². The number of unbranched alkanes of at least 4 members (excludes halogenated alkanes) is 2. The smallest absolute Gasteiger partial charge is 0.273 e. The van der Waals surface area contributed by atoms with Crippen molar-refractivity contribution in [2.75, 3.05) is 26.2 Å². The molecule has 0 aromatic carbocycles. The third-order valence-electron chi connectivity index (χ3n) is 5.15. The van der Waals surface area contributed by atoms with E-state index < -0.39 is 0 Å². The number of nitrogens with zero attached hydrogens (tertiary/aromatic N) is 2. The number of aryl methyl sites for hydroxylation is 1. The number of amides is 2. The molecule has 1 aliphatic heterocycles. The molecule has 1 aromatic heterocycles. The normalized spacial score (nSPS) is 13.6. The van der Waals surface area contributed by atoms with Crippen LogP contribution in [0.15, 0.2) is 16.6 Å². The summed E-state index contributed by atoms with van der Waals surface area (Å²) in [6.45, 7) is 9.77. The number of thiophene rings is 1. The summed E-state index contributed by atoms with van der Waals surface area (Å²) in [6, 6.07) is 2.07. The summed E-state index contributed by atoms with van der Waals surface area (Å²) >= 11 is 1.65. The molecule has 0 saturated heterocycles. The molecule has 5 N–H and O–H groups in total. The zero-order valence-corrected chi connectivity index (χ0v) is 21.9. The summed E-state index contributed by atoms with van der Waals surface area (Å²) in [5.74, 6) is 0.174. The molecular weight excluding hydrogens is 450 g/mol. The van der Waals surface area contributed by atoms with Crippen LogP contribution in [-0.4, -0.2) is 49.0 Å². The first-order chi connectivity index (χ1) is 16.1. The summed E-state index contributed by atoms with van der Waals surface area (Å²) in [5.41, 5.74) is 13.0. The molecule has 0 spiro atoms. The number of aliphatic imine (C=N–C) groups is 1. The Hall–Kier alpha value is -2.23. The van der Waals surface area contributed by atoms with Crippen molar-refractivity contribution in [2.24, 2.45) is 21.9 Å². The molecule has 2 heterocycles. The molecule has 2 amide bonds. The fourth-order valence-corrected chi connectivity index (χ4v) is 4.71. The second kappa shape index (κ2) is 13.6. The van der Waals surface area contributed by atoms with Crippen LogP contribution in [-0.2, 0) is 20.8 Å². The lowest BCUT2D eigenvalue weighted by Gasteiger charge is -2.23. The number of amidine groups is 1. The molecule has 2 rings (SSSR count). The monoisotopic (exact) mass is 491 g/mol. The fourth-order valence-electron chi connectivity index (χ4n) is 3.60. The molecule has 0 aliphatic carbocycles. The van der Waals surface area contributed by atoms with E-state index in [4.69, 9.17) is 16.3 Å². The van der Waals surface area contributed by atoms with Crippen molar-refractivity contribution in [1.29, 1.82) is 0 Å². The third-order valence-corrected chi connectivity index (χ3v) is 6.28. The van der Waals surface area contributed by atoms with Crippen LogP contribution in [0.4, 0.5) is 5.69 Å². The molecule has 0 saturated carbocycles. The van der Waals surface area contributed by atoms with Crippen LogP contribution in [0.25, 0.3) is 6.08 Å². The maximum atomic E-state index is 13.3. The van der Waals surface area contributed by atoms with E-state index in [0.29, 0.717) is 30.9 Å². The number of hydrogen-bond donors (Lipinski definition) is 3. The summed E-state index contributed by atoms with van der Waals surface area (Å²) in [4.78, 5) is 37.8. The van der Waals surface area contributed by atoms with Gasteiger partial charge in [0.05, 0.1) is 17.2 Å². The first-order valence-electron chi connectivity index (χ1n) is 12.2. The zero-order chi connectivity index (χ0) is 25.1. The van der Waals surface area contributed by atoms with Crippen molar-refractivity contribution in [3.63, 3.8) is 0 Å². The molecular formula is C25H41N5O3S. The van der Waals surface area contributed by atoms with E-state index in [2.05, 4.69) is 16.4 Å². The van der Waals surface area contributed by atoms with E-state index in [1.54, 1.807) is 11.3 Å². The quantitative estimate of drug-likeness (QED) is 0.285. The maximum Gasteiger partial charge on any atom is 0.273 e. The molecule has 0 unspecified atom stereocenters. The Morgan fingerprint density at radius 1 is 1.26 bits per heavy atom. The molecule has 8 nitrogen and oxygen atoms in total. The Labute approximate surface area is 207 Å². The number of hydrogen-bond acceptors (Lipinski definition) is 7. The van der Waals surface area contributed by atoms with Crippen LogP contribution in [0.2, 0.25) is 0 Å². The number of hydroxylamine groups is 2. The highest BCUT2D eigenvalue weighted by molar-refractivity contribution is 7.13. The van der Waals surface area contributed by atoms with Gasteiger partial charge in [0, 0.05) is 36.4 Å². The second-order valence-corrected chi connectivity index (χ2v) is 11.0. The van der Waals surface area contributed by atoms with Crippen molar-refractivity contribution in [3.8, 4) is 0 Å². The van der Waals surface area contributed by atoms with E-state index in [-0.39, 0.29) is 30.3 Å². The molecule has 34 heavy (non-hydrogen) atoms. The van der Waals surface area contributed by atoms with Gasteiger partial charge in [0.15, 0.2) is 0 Å². The van der Waals surface area contributed by atoms with Crippen molar-refractivity contribution in [2.45, 2.75) is 72.6 Å². The molecule has 190 valence electrons. The SMILES string of the molecule is CCCN(OCCNC(=O)CC(C)(C)C)C(=O)C1=Cc2sc(CCCCCN)cc2N=C(N)C1. The lowest BCUT2D eigenvalue weighted by Crippen LogP contribution is -2.37. The molecule has 0 bridgehead atoms. The minimum atomic E-state index is -0.216. The van der Waals surface area contributed by atoms with Gasteiger partial charge < -0.3 is 16.8 Å². The minimum absolute atomic E-state index is 0.0241. The van der Waals surface area contributed by atoms with Gasteiger partial charge in [0.2, 0.25) is 5.91 Å². The highest BCUT2D eigenvalue weighted by atomic mass is 32.1. The number of fused-ring (bicyclic) bond motifs is 1. The Balaban J connectivity index is 2.02. The van der Waals surface area contributed by atoms with Crippen molar-refractivity contribution >= 4 is 40.8 Å². The minimum Gasteiger partial charge on any atom is -0.387 e. The van der Waals surface area contributed by atoms with Crippen molar-refractivity contribution < 1.29 is 14.4 Å². The average molecular weight is 492 g/mol. The first-order valence-corrected chi connectivity index (χ1v) is 13.0. The predicted molar refractivity (Wildman–Crippen MR) is 140 cm³/mol. The highest BCUT2D eigenvalue weighted by Gasteiger charge is 2.23. The van der Waals surface area contributed by atoms with E-state index >= 15 is 0 Å². The predicted octanol–water partition coefficient (Wildman–Crippen LogP) is 3.92. The van der Waals surface area contributed by atoms with E-state index in [1.807, 2.05) is 33.8 Å². The average Bonchev–Trinajstić information content (AvgIpc) is 3.04. The van der Waals surface area contributed by atoms with Gasteiger partial charge in [0.1, 0.15) is 5.84 Å². The van der Waals surface area contributed by atoms with Gasteiger partial charge in [-0.2, -0.15) is 0 Å². The second-order valence-electron chi connectivity index (χ2n) is 9.84. The lowest BCUT2D eigenvalue weighted by molar-refractivity contribution is -0.181. The molecule has 0 radical (unpaired) electrons. The molecule has 0 atom stereocenters. The Kier molecular flexibility index (Phi) is 11.2. The Bertz CT molecular complexity index is 886. The topological polar surface area (TPSA) is 123 Å². The first kappa shape index (κ1) is 28.0. The van der Waals surface area contributed by atoms with Gasteiger partial charge in [-0.3, -0.25) is 14.4 Å². The molecule has 9 heteroatoms. The van der Waals surface area contributed by atoms with Crippen LogP contribution in [0, 0.1) is 5.41 Å². The number of nitrogens with two attached hydrogens (primary N) is 2. The van der Waals surface area contributed by atoms with Crippen LogP contribution < -0.4 is 16.8 Å². The number of nitrogens with one attached hydrogen (secondary N) is 1. The van der Waals surface area contributed by atoms with E-state index in [0.717, 1.165) is 49.2 Å². The number of rotatable bonds is 13. The number of carbonyl (C=O) groups excluding carboxylic acids is 2. The molecule has 1 aromatic rings. The van der Waals surface area contributed by atoms with Gasteiger partial charge >= 0.3 is 0 Å². The van der Waals surface area contributed by atoms with Crippen LogP contribution >= 0.6 is 11.3 Å². The van der Waals surface area contributed by atoms with Crippen LogP contribution in [0.5, 0.6) is 0 Å². The van der Waals surface area contributed by atoms with Gasteiger partial charge in [-0.15, -0.1) is 11.3 Å². The molecule has 1 aliphatic rings. The van der Waals surface area contributed by atoms with Crippen molar-refractivity contribution in [3.05, 3.63) is 21.4 Å². The highest BCUT2D eigenvalue weighted by Crippen LogP contribution is 2.35. The van der Waals surface area contributed by atoms with Crippen molar-refractivity contribution in [1.82, 2.24) is 10.4 Å². The zero-order valence-electron chi connectivity index (χ0n) is 21.1. The standard InChI is InChI=1S/C25H41N5O3S/c1-5-12-30(33-13-11-28-23(31)17-25(2,3)4)24(32)18-14-21-20(29-22(27)15-18)16-19(34-21)9-7-6-8-10-26/h14,16H,5-13,15,17,26H2,1-4H3,(H2,27,29)(H,28,31). The third kappa shape index (κ3) is 9.56. The Morgan fingerprint density at radius 2 is 2.03 bits per heavy atom. The molecule has 0 fully saturated rings. The summed E-state index contributed by atoms with van der Waals surface area (Å²) < 4.78 is 0. The number of carbonyl (C=O) groups is 2. The van der Waals surface area contributed by atoms with E-state index in [1.165, 1.54) is 9.94 Å². The van der Waals surface area contributed by atoms with Crippen LogP contribution in [0.1, 0.15) is 76.0 Å². The van der Waals surface area contributed by atoms with Gasteiger partial charge in [0.25, 0.3) is 5.91 Å². The Morgan fingerprint density at radius 3 is 2.71 bits per heavy atom.